The Morgan fingerprint density at radius 2 is 1.71 bits per heavy atom. The van der Waals surface area contributed by atoms with Crippen molar-refractivity contribution in [1.29, 1.82) is 0 Å². The Labute approximate surface area is 124 Å². The second-order valence-corrected chi connectivity index (χ2v) is 6.86. The number of allylic oxidation sites excluding steroid dienone is 2. The number of nitrogens with one attached hydrogen (secondary N) is 1. The first-order valence-corrected chi connectivity index (χ1v) is 7.73. The van der Waals surface area contributed by atoms with Crippen molar-refractivity contribution < 1.29 is 14.4 Å². The molecule has 0 spiro atoms. The second kappa shape index (κ2) is 4.97. The van der Waals surface area contributed by atoms with Crippen molar-refractivity contribution in [3.05, 3.63) is 12.2 Å². The van der Waals surface area contributed by atoms with E-state index in [1.54, 1.807) is 0 Å². The summed E-state index contributed by atoms with van der Waals surface area (Å²) in [5.41, 5.74) is 0. The van der Waals surface area contributed by atoms with E-state index in [1.807, 2.05) is 20.8 Å². The van der Waals surface area contributed by atoms with E-state index < -0.39 is 0 Å². The number of hydrogen-bond acceptors (Lipinski definition) is 3. The van der Waals surface area contributed by atoms with Crippen molar-refractivity contribution >= 4 is 17.7 Å². The zero-order valence-corrected chi connectivity index (χ0v) is 12.7. The molecule has 0 aromatic rings. The minimum absolute atomic E-state index is 0.0302. The lowest BCUT2D eigenvalue weighted by Gasteiger charge is -2.21. The fourth-order valence-electron chi connectivity index (χ4n) is 3.73. The van der Waals surface area contributed by atoms with Crippen LogP contribution in [-0.4, -0.2) is 35.2 Å². The molecular weight excluding hydrogens is 268 g/mol. The van der Waals surface area contributed by atoms with E-state index in [4.69, 9.17) is 0 Å². The highest BCUT2D eigenvalue weighted by molar-refractivity contribution is 6.08. The number of rotatable bonds is 4. The van der Waals surface area contributed by atoms with Gasteiger partial charge < -0.3 is 5.32 Å². The SMILES string of the molecule is CC(C)C(C)NC(=O)CN1C(=O)C2C3C=CC(C3)C2C1=O. The van der Waals surface area contributed by atoms with Gasteiger partial charge in [-0.05, 0) is 31.1 Å². The molecule has 5 unspecified atom stereocenters. The van der Waals surface area contributed by atoms with E-state index in [2.05, 4.69) is 17.5 Å². The summed E-state index contributed by atoms with van der Waals surface area (Å²) in [5.74, 6) is -0.302. The molecule has 3 rings (SSSR count). The maximum atomic E-state index is 12.4. The molecule has 5 atom stereocenters. The van der Waals surface area contributed by atoms with Crippen molar-refractivity contribution in [3.63, 3.8) is 0 Å². The lowest BCUT2D eigenvalue weighted by atomic mass is 9.85. The molecule has 21 heavy (non-hydrogen) atoms. The molecule has 1 saturated carbocycles. The number of carbonyl (C=O) groups is 3. The summed E-state index contributed by atoms with van der Waals surface area (Å²) >= 11 is 0. The molecule has 3 aliphatic rings. The van der Waals surface area contributed by atoms with Gasteiger partial charge in [0.1, 0.15) is 6.54 Å². The topological polar surface area (TPSA) is 66.5 Å². The first kappa shape index (κ1) is 14.3. The standard InChI is InChI=1S/C16H22N2O3/c1-8(2)9(3)17-12(19)7-18-15(20)13-10-4-5-11(6-10)14(13)16(18)21/h4-5,8-11,13-14H,6-7H2,1-3H3,(H,17,19). The Bertz CT molecular complexity index is 496. The van der Waals surface area contributed by atoms with Gasteiger partial charge in [0.05, 0.1) is 11.8 Å². The van der Waals surface area contributed by atoms with E-state index in [-0.39, 0.29) is 54.0 Å². The fraction of sp³-hybridized carbons (Fsp3) is 0.688. The van der Waals surface area contributed by atoms with E-state index in [0.29, 0.717) is 5.92 Å². The lowest BCUT2D eigenvalue weighted by molar-refractivity contribution is -0.144. The zero-order valence-electron chi connectivity index (χ0n) is 12.7. The van der Waals surface area contributed by atoms with Crippen LogP contribution in [0.2, 0.25) is 0 Å². The Hall–Kier alpha value is -1.65. The van der Waals surface area contributed by atoms with Gasteiger partial charge in [0.15, 0.2) is 0 Å². The summed E-state index contributed by atoms with van der Waals surface area (Å²) in [6, 6.07) is 0.0302. The molecule has 1 aliphatic heterocycles. The predicted octanol–water partition coefficient (Wildman–Crippen LogP) is 0.954. The second-order valence-electron chi connectivity index (χ2n) is 6.86. The summed E-state index contributed by atoms with van der Waals surface area (Å²) in [6.45, 7) is 5.83. The minimum Gasteiger partial charge on any atom is -0.352 e. The van der Waals surface area contributed by atoms with Crippen LogP contribution < -0.4 is 5.32 Å². The molecule has 3 amide bonds. The number of likely N-dealkylation sites (tertiary alicyclic amines) is 1. The Balaban J connectivity index is 1.67. The maximum absolute atomic E-state index is 12.4. The number of fused-ring (bicyclic) bond motifs is 5. The molecule has 2 fully saturated rings. The molecule has 1 heterocycles. The van der Waals surface area contributed by atoms with Crippen molar-refractivity contribution in [2.24, 2.45) is 29.6 Å². The summed E-state index contributed by atoms with van der Waals surface area (Å²) in [5, 5.41) is 2.85. The van der Waals surface area contributed by atoms with Gasteiger partial charge >= 0.3 is 0 Å². The Morgan fingerprint density at radius 1 is 1.19 bits per heavy atom. The van der Waals surface area contributed by atoms with Gasteiger partial charge in [-0.1, -0.05) is 26.0 Å². The van der Waals surface area contributed by atoms with E-state index >= 15 is 0 Å². The molecular formula is C16H22N2O3. The van der Waals surface area contributed by atoms with E-state index in [1.165, 1.54) is 4.90 Å². The number of carbonyl (C=O) groups excluding carboxylic acids is 3. The van der Waals surface area contributed by atoms with E-state index in [9.17, 15) is 14.4 Å². The normalized spacial score (nSPS) is 34.8. The average Bonchev–Trinajstić information content (AvgIpc) is 3.08. The lowest BCUT2D eigenvalue weighted by Crippen LogP contribution is -2.45. The molecule has 2 aliphatic carbocycles. The Morgan fingerprint density at radius 3 is 2.19 bits per heavy atom. The first-order valence-electron chi connectivity index (χ1n) is 7.73. The van der Waals surface area contributed by atoms with Gasteiger partial charge in [0, 0.05) is 6.04 Å². The van der Waals surface area contributed by atoms with Crippen molar-refractivity contribution in [2.75, 3.05) is 6.54 Å². The highest BCUT2D eigenvalue weighted by Gasteiger charge is 2.59. The highest BCUT2D eigenvalue weighted by atomic mass is 16.2. The summed E-state index contributed by atoms with van der Waals surface area (Å²) in [4.78, 5) is 38.1. The number of imide groups is 1. The van der Waals surface area contributed by atoms with Crippen molar-refractivity contribution in [2.45, 2.75) is 33.2 Å². The van der Waals surface area contributed by atoms with Crippen LogP contribution in [0, 0.1) is 29.6 Å². The van der Waals surface area contributed by atoms with Crippen molar-refractivity contribution in [3.8, 4) is 0 Å². The smallest absolute Gasteiger partial charge is 0.240 e. The van der Waals surface area contributed by atoms with Gasteiger partial charge in [0.2, 0.25) is 17.7 Å². The largest absolute Gasteiger partial charge is 0.352 e. The molecule has 1 saturated heterocycles. The quantitative estimate of drug-likeness (QED) is 0.619. The van der Waals surface area contributed by atoms with Crippen molar-refractivity contribution in [1.82, 2.24) is 10.2 Å². The molecule has 114 valence electrons. The van der Waals surface area contributed by atoms with Gasteiger partial charge in [-0.25, -0.2) is 0 Å². The molecule has 1 N–H and O–H groups in total. The summed E-state index contributed by atoms with van der Waals surface area (Å²) < 4.78 is 0. The molecule has 5 heteroatoms. The Kier molecular flexibility index (Phi) is 3.38. The van der Waals surface area contributed by atoms with Crippen LogP contribution in [-0.2, 0) is 14.4 Å². The third kappa shape index (κ3) is 2.19. The van der Waals surface area contributed by atoms with Gasteiger partial charge in [-0.2, -0.15) is 0 Å². The molecule has 0 radical (unpaired) electrons. The minimum atomic E-state index is -0.252. The van der Waals surface area contributed by atoms with Crippen LogP contribution >= 0.6 is 0 Å². The third-order valence-electron chi connectivity index (χ3n) is 5.25. The van der Waals surface area contributed by atoms with Crippen LogP contribution in [0.4, 0.5) is 0 Å². The van der Waals surface area contributed by atoms with Gasteiger partial charge in [-0.3, -0.25) is 19.3 Å². The molecule has 2 bridgehead atoms. The fourth-order valence-corrected chi connectivity index (χ4v) is 3.73. The van der Waals surface area contributed by atoms with E-state index in [0.717, 1.165) is 6.42 Å². The first-order chi connectivity index (χ1) is 9.90. The van der Waals surface area contributed by atoms with Crippen LogP contribution in [0.1, 0.15) is 27.2 Å². The molecule has 5 nitrogen and oxygen atoms in total. The summed E-state index contributed by atoms with van der Waals surface area (Å²) in [6.07, 6.45) is 5.03. The number of hydrogen-bond donors (Lipinski definition) is 1. The van der Waals surface area contributed by atoms with Gasteiger partial charge in [-0.15, -0.1) is 0 Å². The third-order valence-corrected chi connectivity index (χ3v) is 5.25. The van der Waals surface area contributed by atoms with Crippen LogP contribution in [0.5, 0.6) is 0 Å². The zero-order chi connectivity index (χ0) is 15.3. The van der Waals surface area contributed by atoms with Crippen LogP contribution in [0.3, 0.4) is 0 Å². The molecule has 0 aromatic carbocycles. The monoisotopic (exact) mass is 290 g/mol. The van der Waals surface area contributed by atoms with Crippen LogP contribution in [0.15, 0.2) is 12.2 Å². The number of nitrogens with zero attached hydrogens (tertiary/aromatic N) is 1. The number of amides is 3. The van der Waals surface area contributed by atoms with Gasteiger partial charge in [0.25, 0.3) is 0 Å². The predicted molar refractivity (Wildman–Crippen MR) is 76.9 cm³/mol. The molecule has 0 aromatic heterocycles. The average molecular weight is 290 g/mol. The van der Waals surface area contributed by atoms with Crippen LogP contribution in [0.25, 0.3) is 0 Å². The maximum Gasteiger partial charge on any atom is 0.240 e. The summed E-state index contributed by atoms with van der Waals surface area (Å²) in [7, 11) is 0. The highest BCUT2D eigenvalue weighted by Crippen LogP contribution is 2.52.